The molecule has 7 heteroatoms. The predicted molar refractivity (Wildman–Crippen MR) is 129 cm³/mol. The van der Waals surface area contributed by atoms with Crippen LogP contribution in [0.1, 0.15) is 27.9 Å². The summed E-state index contributed by atoms with van der Waals surface area (Å²) < 4.78 is 0.843. The number of amides is 3. The van der Waals surface area contributed by atoms with Crippen LogP contribution in [0.4, 0.5) is 17.1 Å². The highest BCUT2D eigenvalue weighted by atomic mass is 79.9. The van der Waals surface area contributed by atoms with Gasteiger partial charge in [-0.15, -0.1) is 0 Å². The molecule has 0 fully saturated rings. The molecule has 1 heterocycles. The summed E-state index contributed by atoms with van der Waals surface area (Å²) in [7, 11) is 0. The Morgan fingerprint density at radius 1 is 1.00 bits per heavy atom. The molecule has 1 unspecified atom stereocenters. The van der Waals surface area contributed by atoms with E-state index >= 15 is 0 Å². The molecular weight excluding hydrogens is 470 g/mol. The third-order valence-corrected chi connectivity index (χ3v) is 6.04. The van der Waals surface area contributed by atoms with Crippen LogP contribution < -0.4 is 15.5 Å². The number of aryl methyl sites for hydroxylation is 2. The molecule has 162 valence electrons. The van der Waals surface area contributed by atoms with E-state index in [9.17, 15) is 14.4 Å². The van der Waals surface area contributed by atoms with Crippen LogP contribution in [-0.4, -0.2) is 23.8 Å². The quantitative estimate of drug-likeness (QED) is 0.535. The van der Waals surface area contributed by atoms with Crippen LogP contribution in [0.15, 0.2) is 71.2 Å². The van der Waals surface area contributed by atoms with Crippen molar-refractivity contribution in [2.24, 2.45) is 0 Å². The van der Waals surface area contributed by atoms with Crippen molar-refractivity contribution in [1.82, 2.24) is 0 Å². The van der Waals surface area contributed by atoms with Crippen LogP contribution in [0.25, 0.3) is 0 Å². The van der Waals surface area contributed by atoms with Gasteiger partial charge in [0.1, 0.15) is 6.04 Å². The lowest BCUT2D eigenvalue weighted by atomic mass is 10.0. The van der Waals surface area contributed by atoms with Gasteiger partial charge in [0.2, 0.25) is 11.8 Å². The normalized spacial score (nSPS) is 15.0. The van der Waals surface area contributed by atoms with Crippen LogP contribution in [0, 0.1) is 13.8 Å². The van der Waals surface area contributed by atoms with Crippen molar-refractivity contribution in [2.45, 2.75) is 26.3 Å². The number of nitrogens with zero attached hydrogens (tertiary/aromatic N) is 1. The SMILES string of the molecule is Cc1ccc(NC(=O)CC2C(=O)Nc3ccccc3N2C(=O)c2ccc(Br)cc2)cc1C. The van der Waals surface area contributed by atoms with Gasteiger partial charge in [0, 0.05) is 15.7 Å². The van der Waals surface area contributed by atoms with Crippen LogP contribution >= 0.6 is 15.9 Å². The summed E-state index contributed by atoms with van der Waals surface area (Å²) in [6.07, 6.45) is -0.171. The van der Waals surface area contributed by atoms with E-state index in [1.54, 1.807) is 48.5 Å². The summed E-state index contributed by atoms with van der Waals surface area (Å²) in [5, 5.41) is 5.67. The molecule has 0 bridgehead atoms. The molecule has 0 aliphatic carbocycles. The van der Waals surface area contributed by atoms with E-state index in [4.69, 9.17) is 0 Å². The largest absolute Gasteiger partial charge is 0.326 e. The summed E-state index contributed by atoms with van der Waals surface area (Å²) in [6, 6.07) is 18.6. The molecular formula is C25H22BrN3O3. The number of fused-ring (bicyclic) bond motifs is 1. The van der Waals surface area contributed by atoms with E-state index in [0.29, 0.717) is 22.6 Å². The standard InChI is InChI=1S/C25H22BrN3O3/c1-15-7-12-19(13-16(15)2)27-23(30)14-22-24(31)28-20-5-3-4-6-21(20)29(22)25(32)17-8-10-18(26)11-9-17/h3-13,22H,14H2,1-2H3,(H,27,30)(H,28,31). The molecule has 0 saturated carbocycles. The van der Waals surface area contributed by atoms with Crippen molar-refractivity contribution in [3.8, 4) is 0 Å². The van der Waals surface area contributed by atoms with E-state index in [1.807, 2.05) is 32.0 Å². The smallest absolute Gasteiger partial charge is 0.259 e. The Morgan fingerprint density at radius 2 is 1.72 bits per heavy atom. The molecule has 6 nitrogen and oxygen atoms in total. The van der Waals surface area contributed by atoms with Crippen molar-refractivity contribution < 1.29 is 14.4 Å². The lowest BCUT2D eigenvalue weighted by Crippen LogP contribution is -2.52. The molecule has 4 rings (SSSR count). The second kappa shape index (κ2) is 8.96. The van der Waals surface area contributed by atoms with Crippen LogP contribution in [0.3, 0.4) is 0 Å². The first-order chi connectivity index (χ1) is 15.3. The number of nitrogens with one attached hydrogen (secondary N) is 2. The molecule has 0 radical (unpaired) electrons. The maximum Gasteiger partial charge on any atom is 0.259 e. The number of anilines is 3. The number of rotatable bonds is 4. The predicted octanol–water partition coefficient (Wildman–Crippen LogP) is 5.06. The Kier molecular flexibility index (Phi) is 6.10. The second-order valence-corrected chi connectivity index (χ2v) is 8.67. The topological polar surface area (TPSA) is 78.5 Å². The lowest BCUT2D eigenvalue weighted by molar-refractivity contribution is -0.122. The summed E-state index contributed by atoms with van der Waals surface area (Å²) in [4.78, 5) is 40.7. The molecule has 3 aromatic carbocycles. The molecule has 2 N–H and O–H groups in total. The summed E-state index contributed by atoms with van der Waals surface area (Å²) >= 11 is 3.37. The van der Waals surface area contributed by atoms with Gasteiger partial charge >= 0.3 is 0 Å². The minimum atomic E-state index is -0.979. The zero-order valence-corrected chi connectivity index (χ0v) is 19.3. The van der Waals surface area contributed by atoms with Crippen molar-refractivity contribution >= 4 is 50.7 Å². The van der Waals surface area contributed by atoms with Crippen LogP contribution in [0.5, 0.6) is 0 Å². The maximum atomic E-state index is 13.5. The fraction of sp³-hybridized carbons (Fsp3) is 0.160. The first-order valence-electron chi connectivity index (χ1n) is 10.2. The third kappa shape index (κ3) is 4.43. The molecule has 32 heavy (non-hydrogen) atoms. The van der Waals surface area contributed by atoms with E-state index in [0.717, 1.165) is 15.6 Å². The van der Waals surface area contributed by atoms with Gasteiger partial charge in [0.05, 0.1) is 17.8 Å². The first-order valence-corrected chi connectivity index (χ1v) is 11.0. The fourth-order valence-corrected chi connectivity index (χ4v) is 3.93. The van der Waals surface area contributed by atoms with Gasteiger partial charge < -0.3 is 10.6 Å². The number of benzene rings is 3. The number of hydrogen-bond donors (Lipinski definition) is 2. The highest BCUT2D eigenvalue weighted by Crippen LogP contribution is 2.34. The molecule has 1 aliphatic rings. The summed E-state index contributed by atoms with van der Waals surface area (Å²) in [5.41, 5.74) is 4.35. The fourth-order valence-electron chi connectivity index (χ4n) is 3.66. The second-order valence-electron chi connectivity index (χ2n) is 7.76. The Bertz CT molecular complexity index is 1210. The highest BCUT2D eigenvalue weighted by molar-refractivity contribution is 9.10. The molecule has 3 amide bonds. The van der Waals surface area contributed by atoms with Crippen molar-refractivity contribution in [2.75, 3.05) is 15.5 Å². The Hall–Kier alpha value is -3.45. The number of halogens is 1. The highest BCUT2D eigenvalue weighted by Gasteiger charge is 2.38. The minimum Gasteiger partial charge on any atom is -0.326 e. The lowest BCUT2D eigenvalue weighted by Gasteiger charge is -2.36. The van der Waals surface area contributed by atoms with Crippen molar-refractivity contribution in [1.29, 1.82) is 0 Å². The number of carbonyl (C=O) groups excluding carboxylic acids is 3. The Labute approximate surface area is 194 Å². The first kappa shape index (κ1) is 21.8. The Morgan fingerprint density at radius 3 is 2.44 bits per heavy atom. The Balaban J connectivity index is 1.64. The van der Waals surface area contributed by atoms with E-state index in [1.165, 1.54) is 4.90 Å². The van der Waals surface area contributed by atoms with Crippen LogP contribution in [-0.2, 0) is 9.59 Å². The van der Waals surface area contributed by atoms with Gasteiger partial charge in [0.25, 0.3) is 5.91 Å². The van der Waals surface area contributed by atoms with Gasteiger partial charge in [-0.05, 0) is 73.5 Å². The minimum absolute atomic E-state index is 0.171. The van der Waals surface area contributed by atoms with E-state index in [-0.39, 0.29) is 18.2 Å². The third-order valence-electron chi connectivity index (χ3n) is 5.52. The number of hydrogen-bond acceptors (Lipinski definition) is 3. The van der Waals surface area contributed by atoms with Gasteiger partial charge in [-0.2, -0.15) is 0 Å². The number of carbonyl (C=O) groups is 3. The summed E-state index contributed by atoms with van der Waals surface area (Å²) in [6.45, 7) is 3.96. The number of para-hydroxylation sites is 2. The molecule has 0 saturated heterocycles. The molecule has 0 aromatic heterocycles. The monoisotopic (exact) mass is 491 g/mol. The molecule has 1 aliphatic heterocycles. The van der Waals surface area contributed by atoms with Gasteiger partial charge in [0.15, 0.2) is 0 Å². The van der Waals surface area contributed by atoms with Gasteiger partial charge in [-0.1, -0.05) is 34.1 Å². The zero-order valence-electron chi connectivity index (χ0n) is 17.7. The van der Waals surface area contributed by atoms with Crippen molar-refractivity contribution in [3.63, 3.8) is 0 Å². The van der Waals surface area contributed by atoms with Gasteiger partial charge in [-0.25, -0.2) is 0 Å². The zero-order chi connectivity index (χ0) is 22.8. The molecule has 3 aromatic rings. The van der Waals surface area contributed by atoms with E-state index < -0.39 is 11.9 Å². The van der Waals surface area contributed by atoms with Gasteiger partial charge in [-0.3, -0.25) is 19.3 Å². The average molecular weight is 492 g/mol. The average Bonchev–Trinajstić information content (AvgIpc) is 2.77. The molecule has 1 atom stereocenters. The van der Waals surface area contributed by atoms with Crippen LogP contribution in [0.2, 0.25) is 0 Å². The summed E-state index contributed by atoms with van der Waals surface area (Å²) in [5.74, 6) is -1.09. The molecule has 0 spiro atoms. The maximum absolute atomic E-state index is 13.5. The van der Waals surface area contributed by atoms with Crippen molar-refractivity contribution in [3.05, 3.63) is 87.9 Å². The van der Waals surface area contributed by atoms with E-state index in [2.05, 4.69) is 26.6 Å².